The van der Waals surface area contributed by atoms with Crippen molar-refractivity contribution in [1.29, 1.82) is 0 Å². The summed E-state index contributed by atoms with van der Waals surface area (Å²) >= 11 is 5.21. The van der Waals surface area contributed by atoms with Gasteiger partial charge >= 0.3 is 0 Å². The standard InChI is InChI=1S/C15H14BrN3S/c16-13-6-15(20-11-13)8-17-14-7-18-19(10-14)9-12-4-2-1-3-5-12/h1-7,10-11,17H,8-9H2. The third-order valence-corrected chi connectivity index (χ3v) is 4.61. The lowest BCUT2D eigenvalue weighted by Crippen LogP contribution is -2.00. The van der Waals surface area contributed by atoms with E-state index < -0.39 is 0 Å². The number of halogens is 1. The highest BCUT2D eigenvalue weighted by Gasteiger charge is 2.01. The molecular weight excluding hydrogens is 334 g/mol. The average molecular weight is 348 g/mol. The number of hydrogen-bond donors (Lipinski definition) is 1. The van der Waals surface area contributed by atoms with Gasteiger partial charge in [-0.15, -0.1) is 11.3 Å². The summed E-state index contributed by atoms with van der Waals surface area (Å²) in [5.41, 5.74) is 2.30. The summed E-state index contributed by atoms with van der Waals surface area (Å²) in [6.45, 7) is 1.63. The fourth-order valence-electron chi connectivity index (χ4n) is 1.95. The van der Waals surface area contributed by atoms with E-state index in [2.05, 4.69) is 49.9 Å². The molecule has 0 atom stereocenters. The molecule has 0 saturated heterocycles. The average Bonchev–Trinajstić information content (AvgIpc) is 3.07. The van der Waals surface area contributed by atoms with Gasteiger partial charge in [-0.05, 0) is 27.6 Å². The topological polar surface area (TPSA) is 29.9 Å². The lowest BCUT2D eigenvalue weighted by Gasteiger charge is -2.02. The zero-order valence-electron chi connectivity index (χ0n) is 10.8. The molecule has 0 spiro atoms. The van der Waals surface area contributed by atoms with E-state index in [0.29, 0.717) is 0 Å². The van der Waals surface area contributed by atoms with Crippen LogP contribution in [-0.4, -0.2) is 9.78 Å². The van der Waals surface area contributed by atoms with Gasteiger partial charge in [0.15, 0.2) is 0 Å². The van der Waals surface area contributed by atoms with Gasteiger partial charge in [-0.2, -0.15) is 5.10 Å². The molecule has 2 heterocycles. The number of thiophene rings is 1. The van der Waals surface area contributed by atoms with E-state index >= 15 is 0 Å². The van der Waals surface area contributed by atoms with Crippen LogP contribution in [0.4, 0.5) is 5.69 Å². The van der Waals surface area contributed by atoms with E-state index in [1.54, 1.807) is 11.3 Å². The van der Waals surface area contributed by atoms with Crippen LogP contribution in [0.15, 0.2) is 58.6 Å². The second kappa shape index (κ2) is 6.24. The Labute approximate surface area is 130 Å². The molecule has 0 amide bonds. The number of aromatic nitrogens is 2. The van der Waals surface area contributed by atoms with Gasteiger partial charge in [0, 0.05) is 27.5 Å². The molecule has 1 aromatic carbocycles. The monoisotopic (exact) mass is 347 g/mol. The van der Waals surface area contributed by atoms with Gasteiger partial charge in [-0.25, -0.2) is 0 Å². The highest BCUT2D eigenvalue weighted by atomic mass is 79.9. The largest absolute Gasteiger partial charge is 0.378 e. The maximum absolute atomic E-state index is 4.38. The molecule has 0 aliphatic rings. The SMILES string of the molecule is Brc1csc(CNc2cnn(Cc3ccccc3)c2)c1. The van der Waals surface area contributed by atoms with Crippen LogP contribution in [0.3, 0.4) is 0 Å². The minimum absolute atomic E-state index is 0.799. The van der Waals surface area contributed by atoms with E-state index in [4.69, 9.17) is 0 Å². The molecule has 102 valence electrons. The smallest absolute Gasteiger partial charge is 0.0729 e. The lowest BCUT2D eigenvalue weighted by atomic mass is 10.2. The fourth-order valence-corrected chi connectivity index (χ4v) is 3.34. The Bertz CT molecular complexity index is 675. The third kappa shape index (κ3) is 3.49. The van der Waals surface area contributed by atoms with Crippen LogP contribution in [-0.2, 0) is 13.1 Å². The Morgan fingerprint density at radius 1 is 1.25 bits per heavy atom. The molecule has 0 radical (unpaired) electrons. The van der Waals surface area contributed by atoms with Crippen molar-refractivity contribution in [1.82, 2.24) is 9.78 Å². The predicted molar refractivity (Wildman–Crippen MR) is 87.1 cm³/mol. The zero-order valence-corrected chi connectivity index (χ0v) is 13.2. The summed E-state index contributed by atoms with van der Waals surface area (Å²) < 4.78 is 3.08. The first-order valence-electron chi connectivity index (χ1n) is 6.33. The summed E-state index contributed by atoms with van der Waals surface area (Å²) in [6, 6.07) is 12.5. The van der Waals surface area contributed by atoms with Gasteiger partial charge in [0.05, 0.1) is 18.4 Å². The van der Waals surface area contributed by atoms with Crippen molar-refractivity contribution in [2.45, 2.75) is 13.1 Å². The second-order valence-corrected chi connectivity index (χ2v) is 6.41. The third-order valence-electron chi connectivity index (χ3n) is 2.91. The van der Waals surface area contributed by atoms with Crippen molar-refractivity contribution < 1.29 is 0 Å². The molecule has 1 N–H and O–H groups in total. The molecule has 0 saturated carbocycles. The number of benzene rings is 1. The molecule has 3 rings (SSSR count). The Morgan fingerprint density at radius 2 is 2.10 bits per heavy atom. The van der Waals surface area contributed by atoms with Gasteiger partial charge < -0.3 is 5.32 Å². The van der Waals surface area contributed by atoms with Crippen LogP contribution in [0, 0.1) is 0 Å². The summed E-state index contributed by atoms with van der Waals surface area (Å²) in [4.78, 5) is 1.30. The molecular formula is C15H14BrN3S. The number of hydrogen-bond acceptors (Lipinski definition) is 3. The Morgan fingerprint density at radius 3 is 2.85 bits per heavy atom. The highest BCUT2D eigenvalue weighted by Crippen LogP contribution is 2.20. The first kappa shape index (κ1) is 13.4. The van der Waals surface area contributed by atoms with E-state index in [-0.39, 0.29) is 0 Å². The number of rotatable bonds is 5. The first-order chi connectivity index (χ1) is 9.79. The van der Waals surface area contributed by atoms with Crippen molar-refractivity contribution in [3.8, 4) is 0 Å². The van der Waals surface area contributed by atoms with Gasteiger partial charge in [-0.3, -0.25) is 4.68 Å². The van der Waals surface area contributed by atoms with Gasteiger partial charge in [0.25, 0.3) is 0 Å². The van der Waals surface area contributed by atoms with Crippen molar-refractivity contribution in [3.05, 3.63) is 69.1 Å². The van der Waals surface area contributed by atoms with Gasteiger partial charge in [0.1, 0.15) is 0 Å². The number of anilines is 1. The Kier molecular flexibility index (Phi) is 4.18. The molecule has 20 heavy (non-hydrogen) atoms. The van der Waals surface area contributed by atoms with E-state index in [0.717, 1.165) is 23.2 Å². The van der Waals surface area contributed by atoms with E-state index in [1.807, 2.05) is 35.3 Å². The van der Waals surface area contributed by atoms with Crippen LogP contribution in [0.5, 0.6) is 0 Å². The van der Waals surface area contributed by atoms with Crippen LogP contribution >= 0.6 is 27.3 Å². The molecule has 0 aliphatic carbocycles. The Hall–Kier alpha value is -1.59. The van der Waals surface area contributed by atoms with Crippen molar-refractivity contribution >= 4 is 33.0 Å². The van der Waals surface area contributed by atoms with E-state index in [1.165, 1.54) is 10.4 Å². The molecule has 3 nitrogen and oxygen atoms in total. The highest BCUT2D eigenvalue weighted by molar-refractivity contribution is 9.10. The van der Waals surface area contributed by atoms with Crippen molar-refractivity contribution in [3.63, 3.8) is 0 Å². The van der Waals surface area contributed by atoms with Crippen LogP contribution < -0.4 is 5.32 Å². The lowest BCUT2D eigenvalue weighted by molar-refractivity contribution is 0.687. The van der Waals surface area contributed by atoms with Crippen molar-refractivity contribution in [2.75, 3.05) is 5.32 Å². The minimum atomic E-state index is 0.799. The normalized spacial score (nSPS) is 10.7. The second-order valence-electron chi connectivity index (χ2n) is 4.50. The molecule has 0 bridgehead atoms. The van der Waals surface area contributed by atoms with Crippen LogP contribution in [0.1, 0.15) is 10.4 Å². The van der Waals surface area contributed by atoms with Gasteiger partial charge in [-0.1, -0.05) is 30.3 Å². The summed E-state index contributed by atoms with van der Waals surface area (Å²) in [6.07, 6.45) is 3.90. The van der Waals surface area contributed by atoms with Crippen LogP contribution in [0.25, 0.3) is 0 Å². The molecule has 2 aromatic heterocycles. The maximum atomic E-state index is 4.38. The molecule has 0 unspecified atom stereocenters. The molecule has 3 aromatic rings. The number of nitrogens with one attached hydrogen (secondary N) is 1. The number of nitrogens with zero attached hydrogens (tertiary/aromatic N) is 2. The maximum Gasteiger partial charge on any atom is 0.0729 e. The van der Waals surface area contributed by atoms with Crippen LogP contribution in [0.2, 0.25) is 0 Å². The molecule has 0 fully saturated rings. The van der Waals surface area contributed by atoms with E-state index in [9.17, 15) is 0 Å². The fraction of sp³-hybridized carbons (Fsp3) is 0.133. The summed E-state index contributed by atoms with van der Waals surface area (Å²) in [7, 11) is 0. The zero-order chi connectivity index (χ0) is 13.8. The Balaban J connectivity index is 1.59. The van der Waals surface area contributed by atoms with Crippen molar-refractivity contribution in [2.24, 2.45) is 0 Å². The minimum Gasteiger partial charge on any atom is -0.378 e. The summed E-state index contributed by atoms with van der Waals surface area (Å²) in [5.74, 6) is 0. The first-order valence-corrected chi connectivity index (χ1v) is 8.00. The quantitative estimate of drug-likeness (QED) is 0.742. The molecule has 5 heteroatoms. The predicted octanol–water partition coefficient (Wildman–Crippen LogP) is 4.37. The molecule has 0 aliphatic heterocycles. The summed E-state index contributed by atoms with van der Waals surface area (Å²) in [5, 5.41) is 9.86. The van der Waals surface area contributed by atoms with Gasteiger partial charge in [0.2, 0.25) is 0 Å².